The molecule has 0 aliphatic rings. The third-order valence-corrected chi connectivity index (χ3v) is 5.34. The Morgan fingerprint density at radius 2 is 1.88 bits per heavy atom. The summed E-state index contributed by atoms with van der Waals surface area (Å²) in [5.74, 6) is 1.23. The van der Waals surface area contributed by atoms with Gasteiger partial charge in [-0.05, 0) is 42.8 Å². The number of aromatic nitrogens is 4. The zero-order valence-electron chi connectivity index (χ0n) is 18.7. The van der Waals surface area contributed by atoms with E-state index in [0.717, 1.165) is 22.2 Å². The van der Waals surface area contributed by atoms with Gasteiger partial charge in [-0.3, -0.25) is 4.98 Å². The van der Waals surface area contributed by atoms with Gasteiger partial charge < -0.3 is 14.6 Å². The Bertz CT molecular complexity index is 1230. The van der Waals surface area contributed by atoms with Crippen molar-refractivity contribution in [3.05, 3.63) is 66.1 Å². The lowest BCUT2D eigenvalue weighted by atomic mass is 10.1. The van der Waals surface area contributed by atoms with Crippen LogP contribution in [-0.2, 0) is 17.8 Å². The number of nitrogens with zero attached hydrogens (tertiary/aromatic N) is 4. The first-order chi connectivity index (χ1) is 16.1. The van der Waals surface area contributed by atoms with Gasteiger partial charge in [0.2, 0.25) is 0 Å². The Balaban J connectivity index is 1.82. The van der Waals surface area contributed by atoms with Gasteiger partial charge in [-0.1, -0.05) is 19.1 Å². The van der Waals surface area contributed by atoms with Crippen LogP contribution in [-0.4, -0.2) is 51.4 Å². The van der Waals surface area contributed by atoms with E-state index in [2.05, 4.69) is 10.1 Å². The maximum absolute atomic E-state index is 13.9. The summed E-state index contributed by atoms with van der Waals surface area (Å²) < 4.78 is 26.8. The maximum Gasteiger partial charge on any atom is 0.154 e. The Morgan fingerprint density at radius 3 is 2.67 bits per heavy atom. The summed E-state index contributed by atoms with van der Waals surface area (Å²) in [6.45, 7) is 2.50. The number of halogens is 1. The Hall–Kier alpha value is -3.36. The molecule has 4 rings (SSSR count). The fraction of sp³-hybridized carbons (Fsp3) is 0.320. The van der Waals surface area contributed by atoms with Crippen molar-refractivity contribution in [3.63, 3.8) is 0 Å². The van der Waals surface area contributed by atoms with Crippen LogP contribution in [0.1, 0.15) is 24.7 Å². The molecule has 33 heavy (non-hydrogen) atoms. The van der Waals surface area contributed by atoms with E-state index in [4.69, 9.17) is 14.5 Å². The lowest BCUT2D eigenvalue weighted by molar-refractivity contribution is 0.147. The number of fused-ring (bicyclic) bond motifs is 1. The topological polar surface area (TPSA) is 82.3 Å². The highest BCUT2D eigenvalue weighted by molar-refractivity contribution is 5.90. The van der Waals surface area contributed by atoms with Crippen molar-refractivity contribution >= 4 is 10.9 Å². The Kier molecular flexibility index (Phi) is 7.26. The quantitative estimate of drug-likeness (QED) is 0.363. The van der Waals surface area contributed by atoms with Crippen LogP contribution in [0.5, 0.6) is 5.75 Å². The molecule has 4 aromatic rings. The van der Waals surface area contributed by atoms with Crippen LogP contribution < -0.4 is 4.74 Å². The highest BCUT2D eigenvalue weighted by Crippen LogP contribution is 2.33. The molecule has 3 aromatic heterocycles. The number of hydrogen-bond acceptors (Lipinski definition) is 6. The third-order valence-electron chi connectivity index (χ3n) is 5.34. The molecular weight excluding hydrogens is 423 g/mol. The SMILES string of the molecule is CCC(F)Cc1cccc(-c2cc(OCCOC)c3cnn(-c4cccc(CO)n4)c3c2)n1. The minimum absolute atomic E-state index is 0.159. The summed E-state index contributed by atoms with van der Waals surface area (Å²) >= 11 is 0. The molecule has 0 spiro atoms. The summed E-state index contributed by atoms with van der Waals surface area (Å²) in [7, 11) is 1.62. The number of pyridine rings is 2. The number of aliphatic hydroxyl groups excluding tert-OH is 1. The van der Waals surface area contributed by atoms with Crippen LogP contribution in [0.25, 0.3) is 28.0 Å². The summed E-state index contributed by atoms with van der Waals surface area (Å²) in [4.78, 5) is 9.17. The third kappa shape index (κ3) is 5.18. The van der Waals surface area contributed by atoms with E-state index in [1.165, 1.54) is 0 Å². The molecule has 1 unspecified atom stereocenters. The molecule has 0 aliphatic heterocycles. The van der Waals surface area contributed by atoms with Crippen LogP contribution in [0.3, 0.4) is 0 Å². The molecule has 1 N–H and O–H groups in total. The van der Waals surface area contributed by atoms with Crippen LogP contribution in [0, 0.1) is 0 Å². The molecule has 172 valence electrons. The van der Waals surface area contributed by atoms with Crippen molar-refractivity contribution in [1.82, 2.24) is 19.7 Å². The second-order valence-corrected chi connectivity index (χ2v) is 7.67. The zero-order chi connectivity index (χ0) is 23.2. The van der Waals surface area contributed by atoms with E-state index in [9.17, 15) is 9.50 Å². The molecule has 0 bridgehead atoms. The molecule has 0 saturated carbocycles. The average Bonchev–Trinajstić information content (AvgIpc) is 3.28. The maximum atomic E-state index is 13.9. The molecule has 1 aromatic carbocycles. The highest BCUT2D eigenvalue weighted by Gasteiger charge is 2.15. The highest BCUT2D eigenvalue weighted by atomic mass is 19.1. The normalized spacial score (nSPS) is 12.2. The fourth-order valence-electron chi connectivity index (χ4n) is 3.58. The van der Waals surface area contributed by atoms with Crippen LogP contribution >= 0.6 is 0 Å². The largest absolute Gasteiger partial charge is 0.490 e. The molecule has 0 saturated heterocycles. The fourth-order valence-corrected chi connectivity index (χ4v) is 3.58. The van der Waals surface area contributed by atoms with Gasteiger partial charge >= 0.3 is 0 Å². The second kappa shape index (κ2) is 10.5. The summed E-state index contributed by atoms with van der Waals surface area (Å²) in [6.07, 6.45) is 1.54. The lowest BCUT2D eigenvalue weighted by Gasteiger charge is -2.12. The van der Waals surface area contributed by atoms with Gasteiger partial charge in [-0.25, -0.2) is 14.1 Å². The van der Waals surface area contributed by atoms with Crippen LogP contribution in [0.4, 0.5) is 4.39 Å². The van der Waals surface area contributed by atoms with Gasteiger partial charge in [0.25, 0.3) is 0 Å². The Morgan fingerprint density at radius 1 is 1.06 bits per heavy atom. The van der Waals surface area contributed by atoms with Gasteiger partial charge in [0.1, 0.15) is 18.5 Å². The first-order valence-corrected chi connectivity index (χ1v) is 10.9. The molecule has 0 aliphatic carbocycles. The summed E-state index contributed by atoms with van der Waals surface area (Å²) in [5.41, 5.74) is 3.58. The zero-order valence-corrected chi connectivity index (χ0v) is 18.7. The van der Waals surface area contributed by atoms with Gasteiger partial charge in [-0.2, -0.15) is 5.10 Å². The van der Waals surface area contributed by atoms with Gasteiger partial charge in [0.05, 0.1) is 41.7 Å². The predicted octanol–water partition coefficient (Wildman–Crippen LogP) is 4.29. The van der Waals surface area contributed by atoms with Gasteiger partial charge in [-0.15, -0.1) is 0 Å². The number of benzene rings is 1. The van der Waals surface area contributed by atoms with E-state index >= 15 is 0 Å². The molecule has 1 atom stereocenters. The minimum atomic E-state index is -0.922. The van der Waals surface area contributed by atoms with Crippen molar-refractivity contribution in [2.75, 3.05) is 20.3 Å². The molecule has 7 nitrogen and oxygen atoms in total. The van der Waals surface area contributed by atoms with Crippen LogP contribution in [0.2, 0.25) is 0 Å². The first kappa shape index (κ1) is 22.8. The monoisotopic (exact) mass is 450 g/mol. The Labute approximate surface area is 191 Å². The number of alkyl halides is 1. The second-order valence-electron chi connectivity index (χ2n) is 7.67. The standard InChI is InChI=1S/C25H27FN4O3/c1-3-18(26)14-19-6-4-8-22(28-19)17-12-23-21(24(13-17)33-11-10-32-2)15-27-30(23)25-9-5-7-20(16-31)29-25/h4-9,12-13,15,18,31H,3,10-11,14,16H2,1-2H3. The van der Waals surface area contributed by atoms with Crippen molar-refractivity contribution in [2.45, 2.75) is 32.5 Å². The van der Waals surface area contributed by atoms with Crippen molar-refractivity contribution in [1.29, 1.82) is 0 Å². The van der Waals surface area contributed by atoms with E-state index < -0.39 is 6.17 Å². The summed E-state index contributed by atoms with van der Waals surface area (Å²) in [5, 5.41) is 14.8. The number of aliphatic hydroxyl groups is 1. The van der Waals surface area contributed by atoms with Gasteiger partial charge in [0, 0.05) is 24.8 Å². The molecule has 0 amide bonds. The number of methoxy groups -OCH3 is 1. The molecule has 0 radical (unpaired) electrons. The number of ether oxygens (including phenoxy) is 2. The molecule has 0 fully saturated rings. The summed E-state index contributed by atoms with van der Waals surface area (Å²) in [6, 6.07) is 14.9. The van der Waals surface area contributed by atoms with E-state index in [0.29, 0.717) is 42.6 Å². The van der Waals surface area contributed by atoms with Crippen molar-refractivity contribution in [3.8, 4) is 22.8 Å². The smallest absolute Gasteiger partial charge is 0.154 e. The number of rotatable bonds is 10. The van der Waals surface area contributed by atoms with E-state index in [1.807, 2.05) is 49.4 Å². The molecular formula is C25H27FN4O3. The van der Waals surface area contributed by atoms with Crippen LogP contribution in [0.15, 0.2) is 54.7 Å². The van der Waals surface area contributed by atoms with Crippen molar-refractivity contribution in [2.24, 2.45) is 0 Å². The molecule has 3 heterocycles. The predicted molar refractivity (Wildman–Crippen MR) is 124 cm³/mol. The average molecular weight is 451 g/mol. The first-order valence-electron chi connectivity index (χ1n) is 10.9. The number of hydrogen-bond donors (Lipinski definition) is 1. The lowest BCUT2D eigenvalue weighted by Crippen LogP contribution is -2.06. The minimum Gasteiger partial charge on any atom is -0.490 e. The van der Waals surface area contributed by atoms with E-state index in [-0.39, 0.29) is 13.0 Å². The van der Waals surface area contributed by atoms with Gasteiger partial charge in [0.15, 0.2) is 5.82 Å². The van der Waals surface area contributed by atoms with Crippen molar-refractivity contribution < 1.29 is 19.0 Å². The van der Waals surface area contributed by atoms with E-state index in [1.54, 1.807) is 24.1 Å². The molecule has 8 heteroatoms.